The van der Waals surface area contributed by atoms with Crippen LogP contribution in [0.1, 0.15) is 45.4 Å². The molecule has 1 aliphatic carbocycles. The Hall–Kier alpha value is -0.610. The molecule has 0 aromatic rings. The number of aliphatic hydroxyl groups is 1. The van der Waals surface area contributed by atoms with Crippen molar-refractivity contribution in [3.05, 3.63) is 0 Å². The smallest absolute Gasteiger partial charge is 0.237 e. The first-order valence-corrected chi connectivity index (χ1v) is 6.88. The summed E-state index contributed by atoms with van der Waals surface area (Å²) < 4.78 is 0. The lowest BCUT2D eigenvalue weighted by Crippen LogP contribution is -2.55. The molecule has 0 aromatic carbocycles. The third-order valence-corrected chi connectivity index (χ3v) is 4.04. The van der Waals surface area contributed by atoms with Crippen molar-refractivity contribution in [3.8, 4) is 0 Å². The van der Waals surface area contributed by atoms with Gasteiger partial charge in [-0.15, -0.1) is 0 Å². The number of hydrogen-bond donors (Lipinski definition) is 3. The number of aliphatic hydroxyl groups excluding tert-OH is 1. The summed E-state index contributed by atoms with van der Waals surface area (Å²) in [5.41, 5.74) is 0. The lowest BCUT2D eigenvalue weighted by Gasteiger charge is -2.39. The van der Waals surface area contributed by atoms with Gasteiger partial charge < -0.3 is 15.7 Å². The SMILES string of the molecule is C[C@@H](O)CNC(=O)C1CCC2CCCCC2N1. The molecule has 1 heterocycles. The molecule has 1 saturated carbocycles. The summed E-state index contributed by atoms with van der Waals surface area (Å²) in [7, 11) is 0. The van der Waals surface area contributed by atoms with Gasteiger partial charge in [-0.2, -0.15) is 0 Å². The highest BCUT2D eigenvalue weighted by atomic mass is 16.3. The van der Waals surface area contributed by atoms with E-state index in [9.17, 15) is 4.79 Å². The fraction of sp³-hybridized carbons (Fsp3) is 0.923. The Balaban J connectivity index is 1.80. The highest BCUT2D eigenvalue weighted by Gasteiger charge is 2.34. The van der Waals surface area contributed by atoms with E-state index in [4.69, 9.17) is 5.11 Å². The van der Waals surface area contributed by atoms with E-state index in [0.29, 0.717) is 12.6 Å². The molecular weight excluding hydrogens is 216 g/mol. The minimum atomic E-state index is -0.468. The Kier molecular flexibility index (Phi) is 4.40. The van der Waals surface area contributed by atoms with Crippen molar-refractivity contribution in [2.45, 2.75) is 63.6 Å². The van der Waals surface area contributed by atoms with Gasteiger partial charge in [-0.05, 0) is 38.5 Å². The first-order chi connectivity index (χ1) is 8.16. The van der Waals surface area contributed by atoms with E-state index in [0.717, 1.165) is 12.3 Å². The average molecular weight is 240 g/mol. The summed E-state index contributed by atoms with van der Waals surface area (Å²) in [6.07, 6.45) is 6.81. The number of nitrogens with one attached hydrogen (secondary N) is 2. The van der Waals surface area contributed by atoms with Gasteiger partial charge in [0.05, 0.1) is 12.1 Å². The molecule has 3 N–H and O–H groups in total. The van der Waals surface area contributed by atoms with Crippen molar-refractivity contribution < 1.29 is 9.90 Å². The van der Waals surface area contributed by atoms with E-state index in [1.807, 2.05) is 0 Å². The van der Waals surface area contributed by atoms with Crippen LogP contribution in [0, 0.1) is 5.92 Å². The summed E-state index contributed by atoms with van der Waals surface area (Å²) >= 11 is 0. The summed E-state index contributed by atoms with van der Waals surface area (Å²) in [5.74, 6) is 0.833. The van der Waals surface area contributed by atoms with E-state index in [2.05, 4.69) is 10.6 Å². The van der Waals surface area contributed by atoms with Gasteiger partial charge in [0, 0.05) is 12.6 Å². The van der Waals surface area contributed by atoms with Gasteiger partial charge in [-0.25, -0.2) is 0 Å². The molecule has 3 unspecified atom stereocenters. The molecule has 2 rings (SSSR count). The van der Waals surface area contributed by atoms with Crippen LogP contribution < -0.4 is 10.6 Å². The maximum Gasteiger partial charge on any atom is 0.237 e. The second-order valence-electron chi connectivity index (χ2n) is 5.54. The maximum absolute atomic E-state index is 11.9. The number of amides is 1. The van der Waals surface area contributed by atoms with Crippen molar-refractivity contribution in [1.29, 1.82) is 0 Å². The molecule has 98 valence electrons. The maximum atomic E-state index is 11.9. The van der Waals surface area contributed by atoms with Crippen molar-refractivity contribution in [2.75, 3.05) is 6.54 Å². The molecule has 4 nitrogen and oxygen atoms in total. The summed E-state index contributed by atoms with van der Waals surface area (Å²) in [6, 6.07) is 0.493. The second-order valence-corrected chi connectivity index (χ2v) is 5.54. The third kappa shape index (κ3) is 3.42. The molecule has 0 aromatic heterocycles. The normalized spacial score (nSPS) is 34.8. The van der Waals surface area contributed by atoms with Crippen LogP contribution >= 0.6 is 0 Å². The highest BCUT2D eigenvalue weighted by molar-refractivity contribution is 5.81. The van der Waals surface area contributed by atoms with Crippen LogP contribution in [0.2, 0.25) is 0 Å². The molecule has 4 atom stereocenters. The lowest BCUT2D eigenvalue weighted by atomic mass is 9.77. The number of carbonyl (C=O) groups is 1. The summed E-state index contributed by atoms with van der Waals surface area (Å²) in [4.78, 5) is 11.9. The number of hydrogen-bond acceptors (Lipinski definition) is 3. The van der Waals surface area contributed by atoms with E-state index in [-0.39, 0.29) is 11.9 Å². The molecule has 1 amide bonds. The van der Waals surface area contributed by atoms with Gasteiger partial charge in [0.25, 0.3) is 0 Å². The van der Waals surface area contributed by atoms with E-state index >= 15 is 0 Å². The standard InChI is InChI=1S/C13H24N2O2/c1-9(16)8-14-13(17)12-7-6-10-4-2-3-5-11(10)15-12/h9-12,15-16H,2-8H2,1H3,(H,14,17)/t9-,10?,11?,12?/m1/s1. The van der Waals surface area contributed by atoms with E-state index in [1.54, 1.807) is 6.92 Å². The predicted molar refractivity (Wildman–Crippen MR) is 66.6 cm³/mol. The van der Waals surface area contributed by atoms with Gasteiger partial charge in [0.2, 0.25) is 5.91 Å². The van der Waals surface area contributed by atoms with E-state index < -0.39 is 6.10 Å². The summed E-state index contributed by atoms with van der Waals surface area (Å²) in [6.45, 7) is 2.04. The van der Waals surface area contributed by atoms with Crippen LogP contribution in [-0.2, 0) is 4.79 Å². The van der Waals surface area contributed by atoms with Crippen LogP contribution in [0.4, 0.5) is 0 Å². The van der Waals surface area contributed by atoms with Gasteiger partial charge in [0.1, 0.15) is 0 Å². The Morgan fingerprint density at radius 2 is 2.12 bits per heavy atom. The Labute approximate surface area is 103 Å². The van der Waals surface area contributed by atoms with Crippen molar-refractivity contribution in [2.24, 2.45) is 5.92 Å². The first kappa shape index (κ1) is 12.8. The number of fused-ring (bicyclic) bond motifs is 1. The average Bonchev–Trinajstić information content (AvgIpc) is 2.35. The third-order valence-electron chi connectivity index (χ3n) is 4.04. The van der Waals surface area contributed by atoms with Gasteiger partial charge in [-0.3, -0.25) is 4.79 Å². The van der Waals surface area contributed by atoms with Crippen molar-refractivity contribution in [3.63, 3.8) is 0 Å². The largest absolute Gasteiger partial charge is 0.392 e. The minimum Gasteiger partial charge on any atom is -0.392 e. The molecule has 1 aliphatic heterocycles. The van der Waals surface area contributed by atoms with Crippen LogP contribution in [-0.4, -0.2) is 35.7 Å². The quantitative estimate of drug-likeness (QED) is 0.683. The minimum absolute atomic E-state index is 0.0481. The van der Waals surface area contributed by atoms with Crippen molar-refractivity contribution >= 4 is 5.91 Å². The molecule has 1 saturated heterocycles. The van der Waals surface area contributed by atoms with Gasteiger partial charge >= 0.3 is 0 Å². The molecule has 0 spiro atoms. The Bertz CT molecular complexity index is 268. The van der Waals surface area contributed by atoms with Crippen LogP contribution in [0.5, 0.6) is 0 Å². The topological polar surface area (TPSA) is 61.4 Å². The fourth-order valence-electron chi connectivity index (χ4n) is 3.07. The molecule has 2 fully saturated rings. The molecule has 2 aliphatic rings. The predicted octanol–water partition coefficient (Wildman–Crippen LogP) is 0.794. The molecule has 0 bridgehead atoms. The zero-order chi connectivity index (χ0) is 12.3. The van der Waals surface area contributed by atoms with E-state index in [1.165, 1.54) is 32.1 Å². The number of carbonyl (C=O) groups excluding carboxylic acids is 1. The van der Waals surface area contributed by atoms with Crippen molar-refractivity contribution in [1.82, 2.24) is 10.6 Å². The molecule has 17 heavy (non-hydrogen) atoms. The summed E-state index contributed by atoms with van der Waals surface area (Å²) in [5, 5.41) is 15.4. The highest BCUT2D eigenvalue weighted by Crippen LogP contribution is 2.32. The Morgan fingerprint density at radius 1 is 1.35 bits per heavy atom. The number of piperidine rings is 1. The Morgan fingerprint density at radius 3 is 2.88 bits per heavy atom. The first-order valence-electron chi connectivity index (χ1n) is 6.88. The van der Waals surface area contributed by atoms with Crippen LogP contribution in [0.15, 0.2) is 0 Å². The molecular formula is C13H24N2O2. The van der Waals surface area contributed by atoms with Crippen LogP contribution in [0.3, 0.4) is 0 Å². The monoisotopic (exact) mass is 240 g/mol. The fourth-order valence-corrected chi connectivity index (χ4v) is 3.07. The molecule has 0 radical (unpaired) electrons. The van der Waals surface area contributed by atoms with Crippen LogP contribution in [0.25, 0.3) is 0 Å². The lowest BCUT2D eigenvalue weighted by molar-refractivity contribution is -0.124. The zero-order valence-electron chi connectivity index (χ0n) is 10.6. The van der Waals surface area contributed by atoms with Gasteiger partial charge in [0.15, 0.2) is 0 Å². The molecule has 4 heteroatoms. The number of rotatable bonds is 3. The second kappa shape index (κ2) is 5.83. The van der Waals surface area contributed by atoms with Gasteiger partial charge in [-0.1, -0.05) is 12.8 Å². The zero-order valence-corrected chi connectivity index (χ0v) is 10.6.